The summed E-state index contributed by atoms with van der Waals surface area (Å²) in [5.74, 6) is -1.18. The van der Waals surface area contributed by atoms with Gasteiger partial charge in [0.15, 0.2) is 11.2 Å². The van der Waals surface area contributed by atoms with E-state index in [1.165, 1.54) is 0 Å². The van der Waals surface area contributed by atoms with E-state index < -0.39 is 53.6 Å². The van der Waals surface area contributed by atoms with Crippen LogP contribution in [0.2, 0.25) is 0 Å². The van der Waals surface area contributed by atoms with E-state index >= 15 is 0 Å². The number of methoxy groups -OCH3 is 1. The Morgan fingerprint density at radius 1 is 1.04 bits per heavy atom. The zero-order chi connectivity index (χ0) is 19.8. The van der Waals surface area contributed by atoms with Gasteiger partial charge >= 0.3 is 18.2 Å². The number of rotatable bonds is 3. The molecule has 0 bridgehead atoms. The first-order valence-electron chi connectivity index (χ1n) is 7.78. The molecule has 1 aliphatic rings. The molecule has 0 aromatic heterocycles. The molecule has 2 atom stereocenters. The minimum absolute atomic E-state index is 0.269. The van der Waals surface area contributed by atoms with Crippen LogP contribution in [0, 0.1) is 0 Å². The number of hydrogen-bond acceptors (Lipinski definition) is 7. The van der Waals surface area contributed by atoms with Crippen LogP contribution in [0.25, 0.3) is 0 Å². The number of ether oxygens (including phenoxy) is 3. The summed E-state index contributed by atoms with van der Waals surface area (Å²) in [6.07, 6.45) is -3.14. The van der Waals surface area contributed by atoms with E-state index in [4.69, 9.17) is 9.47 Å². The average Bonchev–Trinajstić information content (AvgIpc) is 3.01. The number of hydrogen-bond donors (Lipinski definition) is 1. The van der Waals surface area contributed by atoms with Gasteiger partial charge in [0.25, 0.3) is 0 Å². The van der Waals surface area contributed by atoms with Gasteiger partial charge in [0, 0.05) is 6.42 Å². The van der Waals surface area contributed by atoms with E-state index in [-0.39, 0.29) is 4.90 Å². The Labute approximate surface area is 146 Å². The maximum atomic E-state index is 14.8. The van der Waals surface area contributed by atoms with Crippen LogP contribution in [-0.4, -0.2) is 64.3 Å². The summed E-state index contributed by atoms with van der Waals surface area (Å²) < 4.78 is 29.6. The number of amides is 2. The summed E-state index contributed by atoms with van der Waals surface area (Å²) in [5.41, 5.74) is -6.89. The predicted molar refractivity (Wildman–Crippen MR) is 84.6 cm³/mol. The van der Waals surface area contributed by atoms with Gasteiger partial charge in [-0.25, -0.2) is 18.8 Å². The molecule has 0 aromatic rings. The molecule has 25 heavy (non-hydrogen) atoms. The SMILES string of the molecule is COC(=O)[C@@]1(N(C(=O)OC(C)(C)C)C(=O)OC(C)(C)C)C[C@@]1(F)CO. The average molecular weight is 363 g/mol. The smallest absolute Gasteiger partial charge is 0.420 e. The van der Waals surface area contributed by atoms with E-state index in [0.717, 1.165) is 7.11 Å². The lowest BCUT2D eigenvalue weighted by Crippen LogP contribution is -2.57. The van der Waals surface area contributed by atoms with E-state index in [1.54, 1.807) is 41.5 Å². The Hall–Kier alpha value is -1.90. The maximum absolute atomic E-state index is 14.8. The van der Waals surface area contributed by atoms with Crippen LogP contribution in [-0.2, 0) is 19.0 Å². The summed E-state index contributed by atoms with van der Waals surface area (Å²) in [4.78, 5) is 37.6. The zero-order valence-corrected chi connectivity index (χ0v) is 15.6. The summed E-state index contributed by atoms with van der Waals surface area (Å²) in [6.45, 7) is 8.20. The largest absolute Gasteiger partial charge is 0.467 e. The van der Waals surface area contributed by atoms with Gasteiger partial charge in [-0.3, -0.25) is 0 Å². The number of carbonyl (C=O) groups excluding carboxylic acids is 3. The lowest BCUT2D eigenvalue weighted by atomic mass is 10.1. The Kier molecular flexibility index (Phi) is 5.44. The fourth-order valence-corrected chi connectivity index (χ4v) is 2.34. The maximum Gasteiger partial charge on any atom is 0.420 e. The molecule has 9 heteroatoms. The number of halogens is 1. The topological polar surface area (TPSA) is 102 Å². The third kappa shape index (κ3) is 4.20. The Balaban J connectivity index is 3.37. The summed E-state index contributed by atoms with van der Waals surface area (Å²) in [6, 6.07) is 0. The van der Waals surface area contributed by atoms with Crippen LogP contribution in [0.3, 0.4) is 0 Å². The Morgan fingerprint density at radius 3 is 1.68 bits per heavy atom. The molecule has 1 N–H and O–H groups in total. The lowest BCUT2D eigenvalue weighted by molar-refractivity contribution is -0.151. The van der Waals surface area contributed by atoms with Crippen molar-refractivity contribution in [1.29, 1.82) is 0 Å². The molecule has 1 saturated carbocycles. The lowest BCUT2D eigenvalue weighted by Gasteiger charge is -2.33. The van der Waals surface area contributed by atoms with Crippen molar-refractivity contribution in [3.63, 3.8) is 0 Å². The fraction of sp³-hybridized carbons (Fsp3) is 0.812. The summed E-state index contributed by atoms with van der Waals surface area (Å²) >= 11 is 0. The molecule has 1 rings (SSSR count). The molecule has 144 valence electrons. The number of imide groups is 1. The third-order valence-corrected chi connectivity index (χ3v) is 3.46. The molecule has 1 aliphatic carbocycles. The number of carbonyl (C=O) groups is 3. The summed E-state index contributed by atoms with van der Waals surface area (Å²) in [5, 5.41) is 9.31. The summed E-state index contributed by atoms with van der Waals surface area (Å²) in [7, 11) is 0.989. The molecule has 8 nitrogen and oxygen atoms in total. The van der Waals surface area contributed by atoms with Gasteiger partial charge in [-0.05, 0) is 41.5 Å². The molecular weight excluding hydrogens is 337 g/mol. The van der Waals surface area contributed by atoms with E-state index in [9.17, 15) is 23.9 Å². The van der Waals surface area contributed by atoms with Gasteiger partial charge in [0.1, 0.15) is 11.2 Å². The predicted octanol–water partition coefficient (Wildman–Crippen LogP) is 2.17. The highest BCUT2D eigenvalue weighted by atomic mass is 19.1. The van der Waals surface area contributed by atoms with Crippen LogP contribution >= 0.6 is 0 Å². The van der Waals surface area contributed by atoms with Gasteiger partial charge < -0.3 is 19.3 Å². The highest BCUT2D eigenvalue weighted by Crippen LogP contribution is 2.56. The van der Waals surface area contributed by atoms with Gasteiger partial charge in [0.2, 0.25) is 0 Å². The molecule has 0 saturated heterocycles. The van der Waals surface area contributed by atoms with Crippen molar-refractivity contribution in [2.75, 3.05) is 13.7 Å². The molecule has 2 amide bonds. The number of alkyl halides is 1. The quantitative estimate of drug-likeness (QED) is 0.605. The first-order valence-corrected chi connectivity index (χ1v) is 7.78. The van der Waals surface area contributed by atoms with Crippen molar-refractivity contribution in [1.82, 2.24) is 4.90 Å². The Morgan fingerprint density at radius 2 is 1.44 bits per heavy atom. The number of esters is 1. The molecule has 1 fully saturated rings. The van der Waals surface area contributed by atoms with Crippen LogP contribution in [0.1, 0.15) is 48.0 Å². The van der Waals surface area contributed by atoms with Crippen LogP contribution in [0.15, 0.2) is 0 Å². The molecule has 0 heterocycles. The standard InChI is InChI=1S/C16H26FNO7/c1-13(2,3)24-11(21)18(12(22)25-14(4,5)6)16(10(20)23-7)8-15(16,17)9-19/h19H,8-9H2,1-7H3/t15-,16+/m1/s1. The van der Waals surface area contributed by atoms with E-state index in [2.05, 4.69) is 4.74 Å². The monoisotopic (exact) mass is 363 g/mol. The second kappa shape index (κ2) is 6.44. The second-order valence-electron chi connectivity index (χ2n) is 7.95. The minimum atomic E-state index is -2.53. The fourth-order valence-electron chi connectivity index (χ4n) is 2.34. The molecule has 0 aromatic carbocycles. The van der Waals surface area contributed by atoms with Crippen molar-refractivity contribution in [3.05, 3.63) is 0 Å². The molecule has 0 radical (unpaired) electrons. The van der Waals surface area contributed by atoms with Crippen molar-refractivity contribution >= 4 is 18.2 Å². The van der Waals surface area contributed by atoms with Crippen molar-refractivity contribution in [2.24, 2.45) is 0 Å². The van der Waals surface area contributed by atoms with Gasteiger partial charge in [-0.1, -0.05) is 0 Å². The second-order valence-corrected chi connectivity index (χ2v) is 7.95. The number of aliphatic hydroxyl groups is 1. The third-order valence-electron chi connectivity index (χ3n) is 3.46. The number of nitrogens with zero attached hydrogens (tertiary/aromatic N) is 1. The van der Waals surface area contributed by atoms with E-state index in [1.807, 2.05) is 0 Å². The van der Waals surface area contributed by atoms with Gasteiger partial charge in [-0.2, -0.15) is 4.90 Å². The molecule has 0 unspecified atom stereocenters. The van der Waals surface area contributed by atoms with Gasteiger partial charge in [0.05, 0.1) is 13.7 Å². The molecule has 0 spiro atoms. The highest BCUT2D eigenvalue weighted by molar-refractivity contribution is 6.00. The van der Waals surface area contributed by atoms with Crippen LogP contribution < -0.4 is 0 Å². The van der Waals surface area contributed by atoms with Crippen molar-refractivity contribution in [2.45, 2.75) is 70.4 Å². The highest BCUT2D eigenvalue weighted by Gasteiger charge is 2.81. The zero-order valence-electron chi connectivity index (χ0n) is 15.6. The number of aliphatic hydroxyl groups excluding tert-OH is 1. The van der Waals surface area contributed by atoms with Crippen LogP contribution in [0.4, 0.5) is 14.0 Å². The van der Waals surface area contributed by atoms with E-state index in [0.29, 0.717) is 0 Å². The molecule has 0 aliphatic heterocycles. The normalized spacial score (nSPS) is 25.8. The first-order chi connectivity index (χ1) is 11.1. The minimum Gasteiger partial charge on any atom is -0.467 e. The molecular formula is C16H26FNO7. The Bertz CT molecular complexity index is 538. The first kappa shape index (κ1) is 21.1. The van der Waals surface area contributed by atoms with Gasteiger partial charge in [-0.15, -0.1) is 0 Å². The van der Waals surface area contributed by atoms with Crippen molar-refractivity contribution < 1.29 is 38.1 Å². The van der Waals surface area contributed by atoms with Crippen molar-refractivity contribution in [3.8, 4) is 0 Å². The van der Waals surface area contributed by atoms with Crippen LogP contribution in [0.5, 0.6) is 0 Å².